The lowest BCUT2D eigenvalue weighted by molar-refractivity contribution is -0.142. The third-order valence-electron chi connectivity index (χ3n) is 4.61. The van der Waals surface area contributed by atoms with E-state index in [1.54, 1.807) is 24.0 Å². The van der Waals surface area contributed by atoms with Gasteiger partial charge in [-0.05, 0) is 43.2 Å². The van der Waals surface area contributed by atoms with Gasteiger partial charge in [-0.25, -0.2) is 4.39 Å². The van der Waals surface area contributed by atoms with Crippen LogP contribution in [0.15, 0.2) is 54.6 Å². The van der Waals surface area contributed by atoms with Crippen molar-refractivity contribution in [2.45, 2.75) is 31.5 Å². The largest absolute Gasteiger partial charge is 0.486 e. The third kappa shape index (κ3) is 4.37. The minimum Gasteiger partial charge on any atom is -0.486 e. The number of rotatable bonds is 4. The van der Waals surface area contributed by atoms with Crippen LogP contribution in [0, 0.1) is 5.82 Å². The molecule has 1 amide bonds. The second-order valence-electron chi connectivity index (χ2n) is 6.67. The number of ether oxygens (including phenoxy) is 1. The number of para-hydroxylation sites is 1. The van der Waals surface area contributed by atoms with E-state index in [2.05, 4.69) is 0 Å². The van der Waals surface area contributed by atoms with E-state index in [9.17, 15) is 14.3 Å². The number of benzene rings is 2. The van der Waals surface area contributed by atoms with Crippen molar-refractivity contribution in [3.63, 3.8) is 0 Å². The normalized spacial score (nSPS) is 23.3. The lowest BCUT2D eigenvalue weighted by Crippen LogP contribution is -2.57. The van der Waals surface area contributed by atoms with Crippen LogP contribution >= 0.6 is 0 Å². The SMILES string of the molecule is C[C@@]1(O)CCN(C(=O)Cc2ccc(F)cc2)C[C@H]1Oc1ccccc1. The maximum Gasteiger partial charge on any atom is 0.227 e. The Morgan fingerprint density at radius 3 is 2.60 bits per heavy atom. The number of amides is 1. The van der Waals surface area contributed by atoms with Gasteiger partial charge in [-0.3, -0.25) is 4.79 Å². The number of hydrogen-bond acceptors (Lipinski definition) is 3. The predicted octanol–water partition coefficient (Wildman–Crippen LogP) is 2.80. The van der Waals surface area contributed by atoms with E-state index >= 15 is 0 Å². The van der Waals surface area contributed by atoms with Crippen molar-refractivity contribution in [1.82, 2.24) is 4.90 Å². The molecule has 1 aliphatic rings. The van der Waals surface area contributed by atoms with E-state index in [4.69, 9.17) is 4.74 Å². The molecule has 0 aliphatic carbocycles. The van der Waals surface area contributed by atoms with Crippen LogP contribution in [0.2, 0.25) is 0 Å². The lowest BCUT2D eigenvalue weighted by Gasteiger charge is -2.42. The van der Waals surface area contributed by atoms with Gasteiger partial charge in [0.2, 0.25) is 5.91 Å². The summed E-state index contributed by atoms with van der Waals surface area (Å²) in [5.41, 5.74) is -0.230. The van der Waals surface area contributed by atoms with E-state index in [0.717, 1.165) is 5.56 Å². The first kappa shape index (κ1) is 17.4. The first-order valence-corrected chi connectivity index (χ1v) is 8.40. The average molecular weight is 343 g/mol. The van der Waals surface area contributed by atoms with Crippen LogP contribution < -0.4 is 4.74 Å². The second-order valence-corrected chi connectivity index (χ2v) is 6.67. The number of halogens is 1. The van der Waals surface area contributed by atoms with Crippen LogP contribution in [0.3, 0.4) is 0 Å². The van der Waals surface area contributed by atoms with Gasteiger partial charge in [0.1, 0.15) is 23.3 Å². The summed E-state index contributed by atoms with van der Waals surface area (Å²) in [7, 11) is 0. The molecule has 4 nitrogen and oxygen atoms in total. The summed E-state index contributed by atoms with van der Waals surface area (Å²) in [4.78, 5) is 14.3. The predicted molar refractivity (Wildman–Crippen MR) is 92.8 cm³/mol. The molecule has 5 heteroatoms. The van der Waals surface area contributed by atoms with Gasteiger partial charge in [-0.2, -0.15) is 0 Å². The van der Waals surface area contributed by atoms with Crippen molar-refractivity contribution in [3.05, 3.63) is 66.0 Å². The Labute approximate surface area is 146 Å². The molecule has 1 heterocycles. The van der Waals surface area contributed by atoms with Gasteiger partial charge in [0, 0.05) is 6.54 Å². The zero-order chi connectivity index (χ0) is 17.9. The third-order valence-corrected chi connectivity index (χ3v) is 4.61. The number of aliphatic hydroxyl groups is 1. The summed E-state index contributed by atoms with van der Waals surface area (Å²) in [6.07, 6.45) is 0.154. The Balaban J connectivity index is 1.66. The summed E-state index contributed by atoms with van der Waals surface area (Å²) < 4.78 is 18.9. The number of carbonyl (C=O) groups is 1. The number of carbonyl (C=O) groups excluding carboxylic acids is 1. The molecule has 3 rings (SSSR count). The van der Waals surface area contributed by atoms with Crippen LogP contribution in [0.25, 0.3) is 0 Å². The van der Waals surface area contributed by atoms with E-state index in [-0.39, 0.29) is 18.1 Å². The monoisotopic (exact) mass is 343 g/mol. The minimum atomic E-state index is -0.998. The Morgan fingerprint density at radius 2 is 1.92 bits per heavy atom. The smallest absolute Gasteiger partial charge is 0.227 e. The number of likely N-dealkylation sites (tertiary alicyclic amines) is 1. The van der Waals surface area contributed by atoms with Crippen molar-refractivity contribution in [1.29, 1.82) is 0 Å². The van der Waals surface area contributed by atoms with E-state index < -0.39 is 11.7 Å². The molecule has 0 saturated carbocycles. The van der Waals surface area contributed by atoms with E-state index in [1.165, 1.54) is 12.1 Å². The van der Waals surface area contributed by atoms with Gasteiger partial charge < -0.3 is 14.7 Å². The zero-order valence-corrected chi connectivity index (χ0v) is 14.2. The van der Waals surface area contributed by atoms with Gasteiger partial charge in [0.15, 0.2) is 0 Å². The maximum atomic E-state index is 13.0. The fraction of sp³-hybridized carbons (Fsp3) is 0.350. The van der Waals surface area contributed by atoms with E-state index in [0.29, 0.717) is 25.3 Å². The summed E-state index contributed by atoms with van der Waals surface area (Å²) >= 11 is 0. The summed E-state index contributed by atoms with van der Waals surface area (Å²) in [5, 5.41) is 10.6. The molecule has 0 unspecified atom stereocenters. The van der Waals surface area contributed by atoms with Gasteiger partial charge in [0.25, 0.3) is 0 Å². The molecule has 2 aromatic carbocycles. The molecule has 2 atom stereocenters. The van der Waals surface area contributed by atoms with Crippen molar-refractivity contribution >= 4 is 5.91 Å². The highest BCUT2D eigenvalue weighted by Gasteiger charge is 2.40. The fourth-order valence-corrected chi connectivity index (χ4v) is 2.95. The van der Waals surface area contributed by atoms with Crippen LogP contribution in [0.5, 0.6) is 5.75 Å². The van der Waals surface area contributed by atoms with Crippen molar-refractivity contribution < 1.29 is 19.0 Å². The summed E-state index contributed by atoms with van der Waals surface area (Å²) in [6, 6.07) is 15.2. The Morgan fingerprint density at radius 1 is 1.24 bits per heavy atom. The second kappa shape index (κ2) is 7.23. The van der Waals surface area contributed by atoms with Crippen molar-refractivity contribution in [2.24, 2.45) is 0 Å². The molecular weight excluding hydrogens is 321 g/mol. The van der Waals surface area contributed by atoms with Crippen LogP contribution in [-0.2, 0) is 11.2 Å². The standard InChI is InChI=1S/C20H22FNO3/c1-20(24)11-12-22(14-18(20)25-17-5-3-2-4-6-17)19(23)13-15-7-9-16(21)10-8-15/h2-10,18,24H,11-14H2,1H3/t18-,20-/m1/s1. The Hall–Kier alpha value is -2.40. The lowest BCUT2D eigenvalue weighted by atomic mass is 9.90. The summed E-state index contributed by atoms with van der Waals surface area (Å²) in [5.74, 6) is 0.297. The molecule has 0 radical (unpaired) electrons. The molecule has 0 aromatic heterocycles. The highest BCUT2D eigenvalue weighted by Crippen LogP contribution is 2.27. The Kier molecular flexibility index (Phi) is 5.04. The number of hydrogen-bond donors (Lipinski definition) is 1. The Bertz CT molecular complexity index is 715. The van der Waals surface area contributed by atoms with Crippen molar-refractivity contribution in [3.8, 4) is 5.75 Å². The highest BCUT2D eigenvalue weighted by molar-refractivity contribution is 5.79. The molecule has 1 N–H and O–H groups in total. The van der Waals surface area contributed by atoms with Gasteiger partial charge in [-0.1, -0.05) is 30.3 Å². The van der Waals surface area contributed by atoms with Crippen LogP contribution in [-0.4, -0.2) is 40.7 Å². The van der Waals surface area contributed by atoms with Gasteiger partial charge in [0.05, 0.1) is 13.0 Å². The summed E-state index contributed by atoms with van der Waals surface area (Å²) in [6.45, 7) is 2.53. The first-order chi connectivity index (χ1) is 11.9. The molecule has 1 saturated heterocycles. The maximum absolute atomic E-state index is 13.0. The van der Waals surface area contributed by atoms with Crippen molar-refractivity contribution in [2.75, 3.05) is 13.1 Å². The van der Waals surface area contributed by atoms with E-state index in [1.807, 2.05) is 30.3 Å². The van der Waals surface area contributed by atoms with Gasteiger partial charge in [-0.15, -0.1) is 0 Å². The topological polar surface area (TPSA) is 49.8 Å². The minimum absolute atomic E-state index is 0.0521. The average Bonchev–Trinajstić information content (AvgIpc) is 2.59. The number of nitrogens with zero attached hydrogens (tertiary/aromatic N) is 1. The highest BCUT2D eigenvalue weighted by atomic mass is 19.1. The molecule has 1 fully saturated rings. The molecule has 25 heavy (non-hydrogen) atoms. The fourth-order valence-electron chi connectivity index (χ4n) is 2.95. The molecule has 0 bridgehead atoms. The molecule has 132 valence electrons. The molecule has 1 aliphatic heterocycles. The number of piperidine rings is 1. The van der Waals surface area contributed by atoms with Gasteiger partial charge >= 0.3 is 0 Å². The molecule has 0 spiro atoms. The first-order valence-electron chi connectivity index (χ1n) is 8.40. The molecule has 2 aromatic rings. The van der Waals surface area contributed by atoms with Crippen LogP contribution in [0.4, 0.5) is 4.39 Å². The van der Waals surface area contributed by atoms with Crippen LogP contribution in [0.1, 0.15) is 18.9 Å². The zero-order valence-electron chi connectivity index (χ0n) is 14.2. The quantitative estimate of drug-likeness (QED) is 0.929. The molecular formula is C20H22FNO3.